The number of hydrogen-bond acceptors (Lipinski definition) is 2. The number of benzene rings is 1. The van der Waals surface area contributed by atoms with Crippen LogP contribution in [0.3, 0.4) is 0 Å². The van der Waals surface area contributed by atoms with E-state index in [1.165, 1.54) is 19.3 Å². The van der Waals surface area contributed by atoms with Crippen molar-refractivity contribution in [1.29, 1.82) is 0 Å². The Morgan fingerprint density at radius 3 is 2.81 bits per heavy atom. The van der Waals surface area contributed by atoms with Crippen LogP contribution >= 0.6 is 0 Å². The van der Waals surface area contributed by atoms with Crippen molar-refractivity contribution in [1.82, 2.24) is 5.32 Å². The van der Waals surface area contributed by atoms with Crippen molar-refractivity contribution in [2.75, 3.05) is 12.3 Å². The second kappa shape index (κ2) is 4.56. The molecule has 0 heterocycles. The van der Waals surface area contributed by atoms with Gasteiger partial charge in [0, 0.05) is 17.8 Å². The first kappa shape index (κ1) is 11.0. The zero-order valence-electron chi connectivity index (χ0n) is 9.62. The summed E-state index contributed by atoms with van der Waals surface area (Å²) in [4.78, 5) is 11.8. The van der Waals surface area contributed by atoms with Crippen LogP contribution in [0.2, 0.25) is 0 Å². The fraction of sp³-hybridized carbons (Fsp3) is 0.462. The van der Waals surface area contributed by atoms with Crippen molar-refractivity contribution in [2.24, 2.45) is 5.92 Å². The molecule has 0 atom stereocenters. The number of rotatable bonds is 3. The predicted octanol–water partition coefficient (Wildman–Crippen LogP) is 2.11. The van der Waals surface area contributed by atoms with Crippen molar-refractivity contribution in [2.45, 2.75) is 26.2 Å². The van der Waals surface area contributed by atoms with E-state index in [2.05, 4.69) is 5.32 Å². The molecule has 0 bridgehead atoms. The Balaban J connectivity index is 1.94. The second-order valence-electron chi connectivity index (χ2n) is 4.58. The van der Waals surface area contributed by atoms with E-state index in [-0.39, 0.29) is 5.91 Å². The Morgan fingerprint density at radius 1 is 1.50 bits per heavy atom. The third-order valence-corrected chi connectivity index (χ3v) is 3.32. The molecule has 1 fully saturated rings. The number of nitrogen functional groups attached to an aromatic ring is 1. The molecule has 1 aliphatic carbocycles. The molecule has 0 aliphatic heterocycles. The van der Waals surface area contributed by atoms with E-state index >= 15 is 0 Å². The van der Waals surface area contributed by atoms with Gasteiger partial charge in [0.05, 0.1) is 0 Å². The van der Waals surface area contributed by atoms with Crippen LogP contribution in [0.5, 0.6) is 0 Å². The van der Waals surface area contributed by atoms with E-state index in [0.29, 0.717) is 17.2 Å². The molecule has 3 heteroatoms. The predicted molar refractivity (Wildman–Crippen MR) is 65.3 cm³/mol. The standard InChI is InChI=1S/C13H18N2O/c1-9-5-6-11(7-12(9)14)13(16)15-8-10-3-2-4-10/h5-7,10H,2-4,8,14H2,1H3,(H,15,16). The first-order valence-corrected chi connectivity index (χ1v) is 5.81. The molecule has 1 saturated carbocycles. The lowest BCUT2D eigenvalue weighted by Gasteiger charge is -2.25. The van der Waals surface area contributed by atoms with Gasteiger partial charge in [0.25, 0.3) is 5.91 Å². The summed E-state index contributed by atoms with van der Waals surface area (Å²) in [6.45, 7) is 2.73. The number of hydrogen-bond donors (Lipinski definition) is 2. The maximum absolute atomic E-state index is 11.8. The van der Waals surface area contributed by atoms with Gasteiger partial charge in [-0.25, -0.2) is 0 Å². The zero-order chi connectivity index (χ0) is 11.5. The first-order valence-electron chi connectivity index (χ1n) is 5.81. The van der Waals surface area contributed by atoms with Gasteiger partial charge in [-0.3, -0.25) is 4.79 Å². The average molecular weight is 218 g/mol. The molecule has 0 radical (unpaired) electrons. The van der Waals surface area contributed by atoms with Crippen LogP contribution in [-0.4, -0.2) is 12.5 Å². The van der Waals surface area contributed by atoms with Crippen molar-refractivity contribution in [3.63, 3.8) is 0 Å². The molecule has 0 spiro atoms. The molecule has 3 N–H and O–H groups in total. The van der Waals surface area contributed by atoms with E-state index in [4.69, 9.17) is 5.73 Å². The fourth-order valence-corrected chi connectivity index (χ4v) is 1.82. The number of amides is 1. The summed E-state index contributed by atoms with van der Waals surface area (Å²) >= 11 is 0. The Bertz CT molecular complexity index is 397. The third-order valence-electron chi connectivity index (χ3n) is 3.32. The summed E-state index contributed by atoms with van der Waals surface area (Å²) in [6, 6.07) is 5.45. The van der Waals surface area contributed by atoms with Crippen molar-refractivity contribution in [3.8, 4) is 0 Å². The highest BCUT2D eigenvalue weighted by Gasteiger charge is 2.18. The Hall–Kier alpha value is -1.51. The minimum absolute atomic E-state index is 0.0152. The van der Waals surface area contributed by atoms with E-state index in [0.717, 1.165) is 12.1 Å². The van der Waals surface area contributed by atoms with Gasteiger partial charge in [-0.2, -0.15) is 0 Å². The lowest BCUT2D eigenvalue weighted by Crippen LogP contribution is -2.32. The Morgan fingerprint density at radius 2 is 2.25 bits per heavy atom. The lowest BCUT2D eigenvalue weighted by atomic mass is 9.85. The van der Waals surface area contributed by atoms with E-state index in [1.807, 2.05) is 19.1 Å². The number of anilines is 1. The maximum Gasteiger partial charge on any atom is 0.251 e. The molecule has 1 aliphatic rings. The summed E-state index contributed by atoms with van der Waals surface area (Å²) in [5.74, 6) is 0.672. The van der Waals surface area contributed by atoms with Gasteiger partial charge in [-0.1, -0.05) is 12.5 Å². The van der Waals surface area contributed by atoms with Gasteiger partial charge in [0.2, 0.25) is 0 Å². The first-order chi connectivity index (χ1) is 7.66. The Kier molecular flexibility index (Phi) is 3.13. The normalized spacial score (nSPS) is 15.6. The average Bonchev–Trinajstić information content (AvgIpc) is 2.19. The van der Waals surface area contributed by atoms with Crippen LogP contribution in [-0.2, 0) is 0 Å². The van der Waals surface area contributed by atoms with Crippen LogP contribution in [0.4, 0.5) is 5.69 Å². The van der Waals surface area contributed by atoms with Gasteiger partial charge in [0.1, 0.15) is 0 Å². The molecule has 1 aromatic rings. The van der Waals surface area contributed by atoms with Gasteiger partial charge in [0.15, 0.2) is 0 Å². The summed E-state index contributed by atoms with van der Waals surface area (Å²) < 4.78 is 0. The highest BCUT2D eigenvalue weighted by atomic mass is 16.1. The number of nitrogens with one attached hydrogen (secondary N) is 1. The van der Waals surface area contributed by atoms with E-state index < -0.39 is 0 Å². The minimum atomic E-state index is -0.0152. The van der Waals surface area contributed by atoms with Gasteiger partial charge >= 0.3 is 0 Å². The Labute approximate surface area is 96.0 Å². The molecule has 86 valence electrons. The number of aryl methyl sites for hydroxylation is 1. The van der Waals surface area contributed by atoms with Crippen molar-refractivity contribution >= 4 is 11.6 Å². The molecular formula is C13H18N2O. The van der Waals surface area contributed by atoms with Gasteiger partial charge in [-0.05, 0) is 43.4 Å². The van der Waals surface area contributed by atoms with E-state index in [1.54, 1.807) is 6.07 Å². The van der Waals surface area contributed by atoms with Crippen LogP contribution in [0, 0.1) is 12.8 Å². The maximum atomic E-state index is 11.8. The summed E-state index contributed by atoms with van der Waals surface area (Å²) in [5, 5.41) is 2.95. The number of carbonyl (C=O) groups excluding carboxylic acids is 1. The molecule has 16 heavy (non-hydrogen) atoms. The van der Waals surface area contributed by atoms with Crippen LogP contribution in [0.25, 0.3) is 0 Å². The number of nitrogens with two attached hydrogens (primary N) is 1. The molecule has 2 rings (SSSR count). The summed E-state index contributed by atoms with van der Waals surface area (Å²) in [6.07, 6.45) is 3.80. The second-order valence-corrected chi connectivity index (χ2v) is 4.58. The quantitative estimate of drug-likeness (QED) is 0.763. The van der Waals surface area contributed by atoms with Crippen LogP contribution in [0.15, 0.2) is 18.2 Å². The molecule has 0 unspecified atom stereocenters. The topological polar surface area (TPSA) is 55.1 Å². The van der Waals surface area contributed by atoms with Gasteiger partial charge < -0.3 is 11.1 Å². The number of carbonyl (C=O) groups is 1. The highest BCUT2D eigenvalue weighted by Crippen LogP contribution is 2.25. The molecule has 0 saturated heterocycles. The van der Waals surface area contributed by atoms with Crippen molar-refractivity contribution in [3.05, 3.63) is 29.3 Å². The molecule has 1 amide bonds. The smallest absolute Gasteiger partial charge is 0.251 e. The van der Waals surface area contributed by atoms with Gasteiger partial charge in [-0.15, -0.1) is 0 Å². The highest BCUT2D eigenvalue weighted by molar-refractivity contribution is 5.95. The lowest BCUT2D eigenvalue weighted by molar-refractivity contribution is 0.0939. The molecule has 3 nitrogen and oxygen atoms in total. The van der Waals surface area contributed by atoms with Crippen molar-refractivity contribution < 1.29 is 4.79 Å². The monoisotopic (exact) mass is 218 g/mol. The summed E-state index contributed by atoms with van der Waals surface area (Å²) in [7, 11) is 0. The molecule has 1 aromatic carbocycles. The molecular weight excluding hydrogens is 200 g/mol. The molecule has 0 aromatic heterocycles. The van der Waals surface area contributed by atoms with Crippen LogP contribution in [0.1, 0.15) is 35.2 Å². The minimum Gasteiger partial charge on any atom is -0.398 e. The fourth-order valence-electron chi connectivity index (χ4n) is 1.82. The van der Waals surface area contributed by atoms with Crippen LogP contribution < -0.4 is 11.1 Å². The largest absolute Gasteiger partial charge is 0.398 e. The zero-order valence-corrected chi connectivity index (χ0v) is 9.62. The van der Waals surface area contributed by atoms with E-state index in [9.17, 15) is 4.79 Å². The summed E-state index contributed by atoms with van der Waals surface area (Å²) in [5.41, 5.74) is 8.11. The third kappa shape index (κ3) is 2.35. The SMILES string of the molecule is Cc1ccc(C(=O)NCC2CCC2)cc1N.